The normalized spacial score (nSPS) is 15.0. The van der Waals surface area contributed by atoms with E-state index in [-0.39, 0.29) is 11.5 Å². The van der Waals surface area contributed by atoms with Gasteiger partial charge in [-0.05, 0) is 24.3 Å². The predicted molar refractivity (Wildman–Crippen MR) is 74.0 cm³/mol. The Morgan fingerprint density at radius 3 is 2.20 bits per heavy atom. The zero-order valence-corrected chi connectivity index (χ0v) is 10.6. The lowest BCUT2D eigenvalue weighted by Gasteiger charge is -2.22. The molecule has 20 heavy (non-hydrogen) atoms. The zero-order chi connectivity index (χ0) is 14.1. The van der Waals surface area contributed by atoms with Gasteiger partial charge in [0.05, 0.1) is 12.1 Å². The summed E-state index contributed by atoms with van der Waals surface area (Å²) in [7, 11) is 0. The van der Waals surface area contributed by atoms with Gasteiger partial charge in [-0.2, -0.15) is 0 Å². The number of hydrogen-bond donors (Lipinski definition) is 0. The van der Waals surface area contributed by atoms with Crippen LogP contribution >= 0.6 is 0 Å². The van der Waals surface area contributed by atoms with Gasteiger partial charge in [-0.25, -0.2) is 0 Å². The van der Waals surface area contributed by atoms with Gasteiger partial charge in [0.15, 0.2) is 0 Å². The van der Waals surface area contributed by atoms with Gasteiger partial charge in [0, 0.05) is 11.3 Å². The Kier molecular flexibility index (Phi) is 2.91. The second kappa shape index (κ2) is 4.74. The first-order valence-corrected chi connectivity index (χ1v) is 6.23. The first-order valence-electron chi connectivity index (χ1n) is 6.23. The molecule has 2 aromatic carbocycles. The fraction of sp³-hybridized carbons (Fsp3) is 0.0625. The number of Topliss-reactive ketones (excluding diaryl/α,β-unsaturated/α-hetero) is 2. The van der Waals surface area contributed by atoms with Crippen LogP contribution in [0.2, 0.25) is 0 Å². The molecule has 0 saturated carbocycles. The Bertz CT molecular complexity index is 707. The fourth-order valence-corrected chi connectivity index (χ4v) is 2.30. The molecule has 0 aromatic heterocycles. The summed E-state index contributed by atoms with van der Waals surface area (Å²) < 4.78 is 0. The number of rotatable bonds is 1. The molecule has 0 bridgehead atoms. The van der Waals surface area contributed by atoms with Crippen molar-refractivity contribution in [2.45, 2.75) is 6.42 Å². The van der Waals surface area contributed by atoms with Crippen molar-refractivity contribution in [3.05, 3.63) is 60.2 Å². The molecule has 2 aromatic rings. The number of anilines is 2. The molecule has 0 atom stereocenters. The molecule has 0 N–H and O–H groups in total. The number of amides is 1. The number of hydrogen-bond acceptors (Lipinski definition) is 3. The van der Waals surface area contributed by atoms with E-state index >= 15 is 0 Å². The molecule has 1 aliphatic heterocycles. The van der Waals surface area contributed by atoms with Crippen LogP contribution in [0.15, 0.2) is 54.6 Å². The van der Waals surface area contributed by atoms with Crippen molar-refractivity contribution >= 4 is 28.8 Å². The molecule has 3 rings (SSSR count). The van der Waals surface area contributed by atoms with Crippen molar-refractivity contribution in [1.82, 2.24) is 0 Å². The zero-order valence-electron chi connectivity index (χ0n) is 10.6. The third-order valence-electron chi connectivity index (χ3n) is 3.22. The van der Waals surface area contributed by atoms with Crippen LogP contribution in [0.3, 0.4) is 0 Å². The van der Waals surface area contributed by atoms with Crippen molar-refractivity contribution in [3.8, 4) is 0 Å². The molecule has 0 spiro atoms. The monoisotopic (exact) mass is 265 g/mol. The van der Waals surface area contributed by atoms with Gasteiger partial charge in [-0.3, -0.25) is 19.3 Å². The summed E-state index contributed by atoms with van der Waals surface area (Å²) >= 11 is 0. The van der Waals surface area contributed by atoms with Crippen LogP contribution in [-0.2, 0) is 9.59 Å². The lowest BCUT2D eigenvalue weighted by atomic mass is 10.1. The molecule has 1 amide bonds. The molecule has 98 valence electrons. The Hall–Kier alpha value is -2.75. The third-order valence-corrected chi connectivity index (χ3v) is 3.22. The van der Waals surface area contributed by atoms with Gasteiger partial charge < -0.3 is 0 Å². The summed E-state index contributed by atoms with van der Waals surface area (Å²) in [6.07, 6.45) is -0.400. The van der Waals surface area contributed by atoms with Crippen molar-refractivity contribution in [3.63, 3.8) is 0 Å². The van der Waals surface area contributed by atoms with Crippen molar-refractivity contribution in [2.24, 2.45) is 0 Å². The van der Waals surface area contributed by atoms with Crippen LogP contribution in [0.4, 0.5) is 11.4 Å². The second-order valence-corrected chi connectivity index (χ2v) is 4.51. The average molecular weight is 265 g/mol. The summed E-state index contributed by atoms with van der Waals surface area (Å²) in [5.74, 6) is -1.66. The van der Waals surface area contributed by atoms with E-state index in [1.54, 1.807) is 48.5 Å². The summed E-state index contributed by atoms with van der Waals surface area (Å²) in [6, 6.07) is 15.7. The van der Waals surface area contributed by atoms with Crippen LogP contribution in [0.5, 0.6) is 0 Å². The predicted octanol–water partition coefficient (Wildman–Crippen LogP) is 2.51. The van der Waals surface area contributed by atoms with Gasteiger partial charge in [0.2, 0.25) is 17.5 Å². The Labute approximate surface area is 115 Å². The first kappa shape index (κ1) is 12.3. The molecular formula is C16H11NO3. The van der Waals surface area contributed by atoms with Gasteiger partial charge in [-0.1, -0.05) is 30.3 Å². The first-order chi connectivity index (χ1) is 9.68. The second-order valence-electron chi connectivity index (χ2n) is 4.51. The topological polar surface area (TPSA) is 54.5 Å². The van der Waals surface area contributed by atoms with Crippen molar-refractivity contribution in [2.75, 3.05) is 4.90 Å². The quantitative estimate of drug-likeness (QED) is 0.588. The molecule has 1 heterocycles. The van der Waals surface area contributed by atoms with Crippen LogP contribution in [-0.4, -0.2) is 17.5 Å². The molecule has 0 saturated heterocycles. The number of fused-ring (bicyclic) bond motifs is 1. The molecule has 4 heteroatoms. The smallest absolute Gasteiger partial charge is 0.239 e. The highest BCUT2D eigenvalue weighted by Crippen LogP contribution is 2.32. The van der Waals surface area contributed by atoms with E-state index in [1.165, 1.54) is 4.90 Å². The highest BCUT2D eigenvalue weighted by molar-refractivity contribution is 6.49. The molecule has 4 nitrogen and oxygen atoms in total. The molecule has 1 aliphatic rings. The van der Waals surface area contributed by atoms with E-state index in [0.717, 1.165) is 0 Å². The minimum atomic E-state index is -0.666. The standard InChI is InChI=1S/C16H11NO3/c18-14-10-15(19)17(11-6-2-1-3-7-11)13-9-5-4-8-12(13)16(14)20/h1-9H,10H2. The van der Waals surface area contributed by atoms with Gasteiger partial charge in [0.1, 0.15) is 0 Å². The van der Waals surface area contributed by atoms with Gasteiger partial charge in [0.25, 0.3) is 0 Å². The number of para-hydroxylation sites is 2. The number of carbonyl (C=O) groups is 3. The minimum Gasteiger partial charge on any atom is -0.290 e. The molecular weight excluding hydrogens is 254 g/mol. The third kappa shape index (κ3) is 1.91. The number of nitrogens with zero attached hydrogens (tertiary/aromatic N) is 1. The van der Waals surface area contributed by atoms with E-state index in [2.05, 4.69) is 0 Å². The molecule has 0 unspecified atom stereocenters. The van der Waals surface area contributed by atoms with E-state index in [0.29, 0.717) is 11.4 Å². The summed E-state index contributed by atoms with van der Waals surface area (Å²) in [5, 5.41) is 0. The average Bonchev–Trinajstić information content (AvgIpc) is 2.56. The molecule has 0 aliphatic carbocycles. The SMILES string of the molecule is O=C1CC(=O)N(c2ccccc2)c2ccccc2C1=O. The number of ketones is 2. The van der Waals surface area contributed by atoms with E-state index in [4.69, 9.17) is 0 Å². The summed E-state index contributed by atoms with van der Waals surface area (Å²) in [5.41, 5.74) is 1.37. The Morgan fingerprint density at radius 2 is 1.45 bits per heavy atom. The minimum absolute atomic E-state index is 0.271. The maximum atomic E-state index is 12.3. The Balaban J connectivity index is 2.23. The van der Waals surface area contributed by atoms with Crippen molar-refractivity contribution < 1.29 is 14.4 Å². The number of carbonyl (C=O) groups excluding carboxylic acids is 3. The fourth-order valence-electron chi connectivity index (χ4n) is 2.30. The highest BCUT2D eigenvalue weighted by Gasteiger charge is 2.32. The van der Waals surface area contributed by atoms with Gasteiger partial charge in [-0.15, -0.1) is 0 Å². The largest absolute Gasteiger partial charge is 0.290 e. The Morgan fingerprint density at radius 1 is 0.800 bits per heavy atom. The summed E-state index contributed by atoms with van der Waals surface area (Å²) in [4.78, 5) is 37.5. The van der Waals surface area contributed by atoms with Crippen LogP contribution < -0.4 is 4.90 Å². The van der Waals surface area contributed by atoms with Crippen LogP contribution in [0.25, 0.3) is 0 Å². The lowest BCUT2D eigenvalue weighted by molar-refractivity contribution is -0.124. The van der Waals surface area contributed by atoms with Gasteiger partial charge >= 0.3 is 0 Å². The lowest BCUT2D eigenvalue weighted by Crippen LogP contribution is -2.26. The van der Waals surface area contributed by atoms with E-state index < -0.39 is 18.0 Å². The maximum absolute atomic E-state index is 12.3. The summed E-state index contributed by atoms with van der Waals surface area (Å²) in [6.45, 7) is 0. The van der Waals surface area contributed by atoms with E-state index in [1.807, 2.05) is 6.07 Å². The maximum Gasteiger partial charge on any atom is 0.239 e. The molecule has 0 radical (unpaired) electrons. The highest BCUT2D eigenvalue weighted by atomic mass is 16.2. The van der Waals surface area contributed by atoms with E-state index in [9.17, 15) is 14.4 Å². The van der Waals surface area contributed by atoms with Crippen molar-refractivity contribution in [1.29, 1.82) is 0 Å². The van der Waals surface area contributed by atoms with Crippen LogP contribution in [0, 0.1) is 0 Å². The van der Waals surface area contributed by atoms with Crippen LogP contribution in [0.1, 0.15) is 16.8 Å². The molecule has 0 fully saturated rings. The number of benzene rings is 2.